The normalized spacial score (nSPS) is 19.1. The van der Waals surface area contributed by atoms with Crippen molar-refractivity contribution in [2.75, 3.05) is 42.3 Å². The number of amides is 2. The van der Waals surface area contributed by atoms with Crippen LogP contribution in [-0.4, -0.2) is 42.9 Å². The number of carbonyl (C=O) groups is 1. The monoisotopic (exact) mass is 473 g/mol. The van der Waals surface area contributed by atoms with E-state index in [1.165, 1.54) is 43.3 Å². The molecule has 7 nitrogen and oxygen atoms in total. The maximum atomic E-state index is 12.4. The minimum absolute atomic E-state index is 0.122. The Balaban J connectivity index is 1.30. The topological polar surface area (TPSA) is 84.5 Å². The molecule has 184 valence electrons. The number of nitrogens with zero attached hydrogens (tertiary/aromatic N) is 2. The quantitative estimate of drug-likeness (QED) is 0.456. The number of carbonyl (C=O) groups excluding carboxylic acids is 1. The van der Waals surface area contributed by atoms with Gasteiger partial charge in [-0.3, -0.25) is 0 Å². The lowest BCUT2D eigenvalue weighted by molar-refractivity contribution is 0.122. The highest BCUT2D eigenvalue weighted by Crippen LogP contribution is 2.45. The number of ether oxygens (including phenoxy) is 1. The number of aromatic nitrogens is 1. The largest absolute Gasteiger partial charge is 0.396 e. The maximum absolute atomic E-state index is 12.4. The molecule has 35 heavy (non-hydrogen) atoms. The van der Waals surface area contributed by atoms with Crippen molar-refractivity contribution in [3.05, 3.63) is 42.5 Å². The average Bonchev–Trinajstić information content (AvgIpc) is 3.45. The molecule has 2 amide bonds. The van der Waals surface area contributed by atoms with Gasteiger partial charge < -0.3 is 30.6 Å². The molecule has 0 atom stereocenters. The lowest BCUT2D eigenvalue weighted by Crippen LogP contribution is -2.36. The van der Waals surface area contributed by atoms with Crippen LogP contribution in [0.1, 0.15) is 51.0 Å². The molecule has 3 fully saturated rings. The Hall–Kier alpha value is -3.19. The molecule has 4 N–H and O–H groups in total. The van der Waals surface area contributed by atoms with Crippen LogP contribution in [0, 0.1) is 0 Å². The minimum atomic E-state index is -0.122. The second-order valence-electron chi connectivity index (χ2n) is 10.2. The molecule has 2 aliphatic carbocycles. The first-order valence-electron chi connectivity index (χ1n) is 13.1. The zero-order valence-corrected chi connectivity index (χ0v) is 20.3. The molecule has 2 aromatic carbocycles. The van der Waals surface area contributed by atoms with Crippen LogP contribution in [0.25, 0.3) is 22.2 Å². The lowest BCUT2D eigenvalue weighted by Gasteiger charge is -2.31. The Morgan fingerprint density at radius 3 is 2.37 bits per heavy atom. The van der Waals surface area contributed by atoms with E-state index in [1.54, 1.807) is 0 Å². The molecule has 1 saturated heterocycles. The van der Waals surface area contributed by atoms with Gasteiger partial charge in [0.25, 0.3) is 0 Å². The molecule has 1 aliphatic heterocycles. The van der Waals surface area contributed by atoms with Crippen LogP contribution in [0.4, 0.5) is 21.9 Å². The van der Waals surface area contributed by atoms with Crippen LogP contribution >= 0.6 is 0 Å². The summed E-state index contributed by atoms with van der Waals surface area (Å²) >= 11 is 0. The van der Waals surface area contributed by atoms with Gasteiger partial charge in [-0.25, -0.2) is 4.79 Å². The fourth-order valence-electron chi connectivity index (χ4n) is 5.80. The average molecular weight is 474 g/mol. The van der Waals surface area contributed by atoms with E-state index in [2.05, 4.69) is 50.4 Å². The Morgan fingerprint density at radius 1 is 0.943 bits per heavy atom. The van der Waals surface area contributed by atoms with Crippen molar-refractivity contribution in [3.8, 4) is 11.3 Å². The highest BCUT2D eigenvalue weighted by atomic mass is 16.5. The summed E-state index contributed by atoms with van der Waals surface area (Å²) in [5, 5.41) is 7.19. The first-order chi connectivity index (χ1) is 17.2. The molecule has 0 radical (unpaired) electrons. The number of hydrogen-bond acceptors (Lipinski definition) is 4. The molecule has 0 spiro atoms. The number of anilines is 3. The lowest BCUT2D eigenvalue weighted by atomic mass is 9.92. The third-order valence-electron chi connectivity index (χ3n) is 7.95. The first kappa shape index (κ1) is 22.3. The fraction of sp³-hybridized carbons (Fsp3) is 0.464. The summed E-state index contributed by atoms with van der Waals surface area (Å²) in [4.78, 5) is 14.8. The van der Waals surface area contributed by atoms with Crippen molar-refractivity contribution in [2.24, 2.45) is 0 Å². The predicted molar refractivity (Wildman–Crippen MR) is 142 cm³/mol. The molecule has 2 saturated carbocycles. The molecule has 3 aliphatic rings. The van der Waals surface area contributed by atoms with Crippen LogP contribution in [0.5, 0.6) is 0 Å². The summed E-state index contributed by atoms with van der Waals surface area (Å²) in [6, 6.07) is 15.5. The number of benzene rings is 2. The van der Waals surface area contributed by atoms with Crippen molar-refractivity contribution in [3.63, 3.8) is 0 Å². The van der Waals surface area contributed by atoms with E-state index >= 15 is 0 Å². The number of fused-ring (bicyclic) bond motifs is 1. The highest BCUT2D eigenvalue weighted by molar-refractivity contribution is 6.02. The fourth-order valence-corrected chi connectivity index (χ4v) is 5.80. The number of urea groups is 1. The van der Waals surface area contributed by atoms with Gasteiger partial charge in [0.1, 0.15) is 0 Å². The molecular weight excluding hydrogens is 438 g/mol. The maximum Gasteiger partial charge on any atom is 0.319 e. The molecule has 0 unspecified atom stereocenters. The molecule has 7 heteroatoms. The summed E-state index contributed by atoms with van der Waals surface area (Å²) in [7, 11) is 0. The van der Waals surface area contributed by atoms with Gasteiger partial charge in [-0.15, -0.1) is 0 Å². The Kier molecular flexibility index (Phi) is 6.02. The van der Waals surface area contributed by atoms with Crippen LogP contribution in [0.15, 0.2) is 42.5 Å². The van der Waals surface area contributed by atoms with Crippen LogP contribution in [-0.2, 0) is 4.74 Å². The van der Waals surface area contributed by atoms with Crippen molar-refractivity contribution in [1.82, 2.24) is 9.88 Å². The Labute approximate surface area is 206 Å². The first-order valence-corrected chi connectivity index (χ1v) is 13.1. The van der Waals surface area contributed by atoms with E-state index in [1.807, 2.05) is 12.1 Å². The van der Waals surface area contributed by atoms with E-state index in [0.717, 1.165) is 67.2 Å². The second-order valence-corrected chi connectivity index (χ2v) is 10.2. The summed E-state index contributed by atoms with van der Waals surface area (Å²) in [5.74, 6) is 0. The van der Waals surface area contributed by atoms with E-state index in [9.17, 15) is 4.79 Å². The van der Waals surface area contributed by atoms with Gasteiger partial charge in [0.05, 0.1) is 30.1 Å². The predicted octanol–water partition coefficient (Wildman–Crippen LogP) is 5.52. The zero-order valence-electron chi connectivity index (χ0n) is 20.3. The smallest absolute Gasteiger partial charge is 0.319 e. The molecular formula is C28H35N5O2. The molecule has 2 heterocycles. The van der Waals surface area contributed by atoms with Crippen LogP contribution in [0.3, 0.4) is 0 Å². The van der Waals surface area contributed by atoms with E-state index in [-0.39, 0.29) is 6.03 Å². The van der Waals surface area contributed by atoms with Gasteiger partial charge in [-0.2, -0.15) is 0 Å². The summed E-state index contributed by atoms with van der Waals surface area (Å²) in [5.41, 5.74) is 13.1. The van der Waals surface area contributed by atoms with E-state index in [4.69, 9.17) is 10.5 Å². The summed E-state index contributed by atoms with van der Waals surface area (Å²) in [6.45, 7) is 3.34. The van der Waals surface area contributed by atoms with Crippen molar-refractivity contribution in [1.29, 1.82) is 0 Å². The van der Waals surface area contributed by atoms with Gasteiger partial charge in [-0.05, 0) is 62.4 Å². The van der Waals surface area contributed by atoms with Gasteiger partial charge >= 0.3 is 6.03 Å². The number of nitrogens with two attached hydrogens (primary N) is 1. The number of morpholine rings is 1. The second kappa shape index (κ2) is 9.46. The molecule has 1 aromatic heterocycles. The highest BCUT2D eigenvalue weighted by Gasteiger charge is 2.27. The van der Waals surface area contributed by atoms with E-state index in [0.29, 0.717) is 12.1 Å². The molecule has 6 rings (SSSR count). The van der Waals surface area contributed by atoms with Gasteiger partial charge in [0.15, 0.2) is 0 Å². The van der Waals surface area contributed by atoms with Gasteiger partial charge in [0, 0.05) is 47.5 Å². The van der Waals surface area contributed by atoms with Gasteiger partial charge in [-0.1, -0.05) is 25.0 Å². The molecule has 3 aromatic rings. The Morgan fingerprint density at radius 2 is 1.69 bits per heavy atom. The van der Waals surface area contributed by atoms with Crippen molar-refractivity contribution in [2.45, 2.75) is 57.0 Å². The third-order valence-corrected chi connectivity index (χ3v) is 7.95. The third kappa shape index (κ3) is 4.33. The zero-order chi connectivity index (χ0) is 23.8. The number of rotatable bonds is 5. The number of nitrogen functional groups attached to an aromatic ring is 1. The summed E-state index contributed by atoms with van der Waals surface area (Å²) < 4.78 is 7.98. The van der Waals surface area contributed by atoms with E-state index < -0.39 is 0 Å². The minimum Gasteiger partial charge on any atom is -0.396 e. The van der Waals surface area contributed by atoms with Crippen molar-refractivity contribution < 1.29 is 9.53 Å². The summed E-state index contributed by atoms with van der Waals surface area (Å²) in [6.07, 6.45) is 8.17. The van der Waals surface area contributed by atoms with Crippen LogP contribution in [0.2, 0.25) is 0 Å². The number of hydrogen-bond donors (Lipinski definition) is 3. The SMILES string of the molecule is Nc1c(-c2ccc(NC(=O)NC3CCCC3)cc2)n(C2CCC2)c2ccc(N3CCOCC3)cc12. The van der Waals surface area contributed by atoms with Crippen LogP contribution < -0.4 is 21.3 Å². The van der Waals surface area contributed by atoms with Crippen molar-refractivity contribution >= 4 is 34.0 Å². The van der Waals surface area contributed by atoms with Gasteiger partial charge in [0.2, 0.25) is 0 Å². The number of nitrogens with one attached hydrogen (secondary N) is 2. The Bertz CT molecular complexity index is 1200. The molecule has 0 bridgehead atoms. The standard InChI is InChI=1S/C28H35N5O2/c29-26-24-18-23(32-14-16-35-17-15-32)12-13-25(24)33(22-6-3-7-22)27(26)19-8-10-21(11-9-19)31-28(34)30-20-4-1-2-5-20/h8-13,18,20,22H,1-7,14-17,29H2,(H2,30,31,34).